The number of esters is 1. The monoisotopic (exact) mass is 948 g/mol. The Bertz CT molecular complexity index is 1330. The summed E-state index contributed by atoms with van der Waals surface area (Å²) in [4.78, 5) is 33.7. The van der Waals surface area contributed by atoms with E-state index < -0.39 is 45.1 Å². The van der Waals surface area contributed by atoms with Gasteiger partial charge >= 0.3 is 19.8 Å². The molecule has 3 unspecified atom stereocenters. The molecule has 0 rings (SSSR count). The zero-order chi connectivity index (χ0) is 48.3. The first-order valence-corrected chi connectivity index (χ1v) is 28.0. The van der Waals surface area contributed by atoms with E-state index in [0.29, 0.717) is 13.0 Å². The molecule has 0 aliphatic heterocycles. The summed E-state index contributed by atoms with van der Waals surface area (Å²) in [6.45, 7) is 3.77. The summed E-state index contributed by atoms with van der Waals surface area (Å²) in [5, 5.41) is 8.94. The fraction of sp³-hybridized carbons (Fsp3) is 0.745. The molecule has 382 valence electrons. The van der Waals surface area contributed by atoms with Crippen molar-refractivity contribution in [1.82, 2.24) is 0 Å². The number of ether oxygens (including phenoxy) is 2. The van der Waals surface area contributed by atoms with Crippen molar-refractivity contribution in [1.29, 1.82) is 0 Å². The number of nitrogens with two attached hydrogens (primary N) is 1. The highest BCUT2D eigenvalue weighted by Crippen LogP contribution is 2.43. The molecule has 3 atom stereocenters. The number of rotatable bonds is 50. The minimum atomic E-state index is -4.63. The lowest BCUT2D eigenvalue weighted by molar-refractivity contribution is -0.154. The van der Waals surface area contributed by atoms with Crippen LogP contribution in [0.15, 0.2) is 72.9 Å². The zero-order valence-electron chi connectivity index (χ0n) is 42.0. The van der Waals surface area contributed by atoms with Crippen molar-refractivity contribution in [2.45, 2.75) is 238 Å². The standard InChI is InChI=1S/C55H98NO9P/c1-3-5-7-9-11-13-15-17-19-21-23-25-26-27-29-31-33-35-37-39-41-43-45-47-54(57)65-52(50-63-66(60,61)64-51-53(56)55(58)59)49-62-48-46-44-42-40-38-36-34-32-30-28-24-22-20-18-16-14-12-10-8-6-4-2/h5,7,11,13,17,19,23,25,27,29,33,35,52-53H,3-4,6,8-10,12,14-16,18,20-22,24,26,28,30-32,34,36-51,56H2,1-2H3,(H,58,59)(H,60,61)/b7-5-,13-11-,19-17-,25-23-,29-27-,35-33-. The fourth-order valence-electron chi connectivity index (χ4n) is 7.20. The Morgan fingerprint density at radius 1 is 0.500 bits per heavy atom. The highest BCUT2D eigenvalue weighted by molar-refractivity contribution is 7.47. The number of carbonyl (C=O) groups is 2. The van der Waals surface area contributed by atoms with E-state index >= 15 is 0 Å². The quantitative estimate of drug-likeness (QED) is 0.0232. The predicted octanol–water partition coefficient (Wildman–Crippen LogP) is 15.7. The number of carboxylic acid groups (broad SMARTS) is 1. The van der Waals surface area contributed by atoms with Gasteiger partial charge in [0, 0.05) is 13.0 Å². The molecule has 10 nitrogen and oxygen atoms in total. The van der Waals surface area contributed by atoms with Gasteiger partial charge in [0.1, 0.15) is 12.1 Å². The van der Waals surface area contributed by atoms with Crippen molar-refractivity contribution in [2.75, 3.05) is 26.4 Å². The van der Waals surface area contributed by atoms with Crippen LogP contribution in [-0.4, -0.2) is 60.5 Å². The van der Waals surface area contributed by atoms with E-state index in [1.165, 1.54) is 116 Å². The van der Waals surface area contributed by atoms with Crippen LogP contribution in [0.5, 0.6) is 0 Å². The highest BCUT2D eigenvalue weighted by Gasteiger charge is 2.27. The molecule has 0 aliphatic rings. The maximum absolute atomic E-state index is 12.7. The predicted molar refractivity (Wildman–Crippen MR) is 277 cm³/mol. The van der Waals surface area contributed by atoms with Gasteiger partial charge < -0.3 is 25.2 Å². The lowest BCUT2D eigenvalue weighted by Gasteiger charge is -2.20. The van der Waals surface area contributed by atoms with Crippen molar-refractivity contribution in [3.8, 4) is 0 Å². The maximum Gasteiger partial charge on any atom is 0.472 e. The van der Waals surface area contributed by atoms with Crippen molar-refractivity contribution in [3.63, 3.8) is 0 Å². The van der Waals surface area contributed by atoms with Crippen molar-refractivity contribution >= 4 is 19.8 Å². The van der Waals surface area contributed by atoms with E-state index in [1.54, 1.807) is 0 Å². The molecule has 0 aromatic carbocycles. The molecule has 0 aromatic heterocycles. The van der Waals surface area contributed by atoms with Gasteiger partial charge in [-0.15, -0.1) is 0 Å². The number of aliphatic carboxylic acids is 1. The van der Waals surface area contributed by atoms with Crippen LogP contribution in [0.2, 0.25) is 0 Å². The van der Waals surface area contributed by atoms with Gasteiger partial charge in [-0.05, 0) is 64.2 Å². The second-order valence-electron chi connectivity index (χ2n) is 17.6. The topological polar surface area (TPSA) is 155 Å². The van der Waals surface area contributed by atoms with Crippen LogP contribution in [0, 0.1) is 0 Å². The molecule has 0 fully saturated rings. The molecule has 0 saturated heterocycles. The Labute approximate surface area is 404 Å². The van der Waals surface area contributed by atoms with Gasteiger partial charge in [-0.2, -0.15) is 0 Å². The zero-order valence-corrected chi connectivity index (χ0v) is 42.9. The largest absolute Gasteiger partial charge is 0.480 e. The molecule has 0 aromatic rings. The van der Waals surface area contributed by atoms with E-state index in [4.69, 9.17) is 29.4 Å². The summed E-state index contributed by atoms with van der Waals surface area (Å²) < 4.78 is 33.5. The third-order valence-corrected chi connectivity index (χ3v) is 12.2. The van der Waals surface area contributed by atoms with Crippen LogP contribution in [0.3, 0.4) is 0 Å². The molecular formula is C55H98NO9P. The smallest absolute Gasteiger partial charge is 0.472 e. The van der Waals surface area contributed by atoms with Gasteiger partial charge in [0.2, 0.25) is 0 Å². The van der Waals surface area contributed by atoms with Gasteiger partial charge in [-0.1, -0.05) is 228 Å². The fourth-order valence-corrected chi connectivity index (χ4v) is 7.98. The molecule has 0 aliphatic carbocycles. The summed E-state index contributed by atoms with van der Waals surface area (Å²) in [5.41, 5.74) is 5.38. The van der Waals surface area contributed by atoms with E-state index in [-0.39, 0.29) is 13.0 Å². The normalized spacial score (nSPS) is 14.2. The summed E-state index contributed by atoms with van der Waals surface area (Å²) in [7, 11) is -4.63. The van der Waals surface area contributed by atoms with Gasteiger partial charge in [0.15, 0.2) is 0 Å². The number of phosphoric acid groups is 1. The SMILES string of the molecule is CC/C=C\C/C=C\C/C=C\C/C=C\C/C=C\C/C=C\CCCCCCC(=O)OC(COCCCCCCCCCCCCCCCCCCCCCCC)COP(=O)(O)OCC(N)C(=O)O. The van der Waals surface area contributed by atoms with Crippen LogP contribution in [-0.2, 0) is 32.7 Å². The highest BCUT2D eigenvalue weighted by atomic mass is 31.2. The molecule has 0 spiro atoms. The van der Waals surface area contributed by atoms with E-state index in [1.807, 2.05) is 0 Å². The summed E-state index contributed by atoms with van der Waals surface area (Å²) >= 11 is 0. The lowest BCUT2D eigenvalue weighted by Crippen LogP contribution is -2.34. The van der Waals surface area contributed by atoms with Crippen molar-refractivity contribution in [3.05, 3.63) is 72.9 Å². The Kier molecular flexibility index (Phi) is 48.3. The van der Waals surface area contributed by atoms with Crippen LogP contribution < -0.4 is 5.73 Å². The van der Waals surface area contributed by atoms with E-state index in [2.05, 4.69) is 86.8 Å². The number of allylic oxidation sites excluding steroid dienone is 12. The molecule has 0 saturated carbocycles. The van der Waals surface area contributed by atoms with Gasteiger partial charge in [-0.25, -0.2) is 4.57 Å². The average molecular weight is 948 g/mol. The Balaban J connectivity index is 4.19. The van der Waals surface area contributed by atoms with Gasteiger partial charge in [-0.3, -0.25) is 18.6 Å². The van der Waals surface area contributed by atoms with Crippen molar-refractivity contribution < 1.29 is 42.7 Å². The minimum absolute atomic E-state index is 0.00549. The molecule has 0 heterocycles. The number of carbonyl (C=O) groups excluding carboxylic acids is 1. The third-order valence-electron chi connectivity index (χ3n) is 11.3. The second kappa shape index (κ2) is 50.3. The Morgan fingerprint density at radius 2 is 0.879 bits per heavy atom. The number of carboxylic acids is 1. The summed E-state index contributed by atoms with van der Waals surface area (Å²) in [5.74, 6) is -1.80. The number of unbranched alkanes of at least 4 members (excludes halogenated alkanes) is 24. The average Bonchev–Trinajstić information content (AvgIpc) is 3.30. The van der Waals surface area contributed by atoms with Crippen molar-refractivity contribution in [2.24, 2.45) is 5.73 Å². The van der Waals surface area contributed by atoms with Gasteiger partial charge in [0.25, 0.3) is 0 Å². The molecule has 0 bridgehead atoms. The maximum atomic E-state index is 12.7. The first-order chi connectivity index (χ1) is 32.2. The molecular weight excluding hydrogens is 850 g/mol. The third kappa shape index (κ3) is 49.3. The molecule has 0 amide bonds. The molecule has 66 heavy (non-hydrogen) atoms. The molecule has 4 N–H and O–H groups in total. The second-order valence-corrected chi connectivity index (χ2v) is 19.1. The summed E-state index contributed by atoms with van der Waals surface area (Å²) in [6, 6.07) is -1.48. The summed E-state index contributed by atoms with van der Waals surface area (Å²) in [6.07, 6.45) is 63.9. The number of phosphoric ester groups is 1. The Morgan fingerprint density at radius 3 is 1.32 bits per heavy atom. The number of hydrogen-bond acceptors (Lipinski definition) is 8. The van der Waals surface area contributed by atoms with Crippen LogP contribution in [0.25, 0.3) is 0 Å². The Hall–Kier alpha value is -2.59. The van der Waals surface area contributed by atoms with Gasteiger partial charge in [0.05, 0.1) is 19.8 Å². The van der Waals surface area contributed by atoms with E-state index in [9.17, 15) is 19.0 Å². The van der Waals surface area contributed by atoms with Crippen LogP contribution in [0.1, 0.15) is 226 Å². The molecule has 11 heteroatoms. The van der Waals surface area contributed by atoms with Crippen LogP contribution >= 0.6 is 7.82 Å². The minimum Gasteiger partial charge on any atom is -0.480 e. The van der Waals surface area contributed by atoms with E-state index in [0.717, 1.165) is 83.5 Å². The van der Waals surface area contributed by atoms with Crippen LogP contribution in [0.4, 0.5) is 0 Å². The molecule has 0 radical (unpaired) electrons. The first kappa shape index (κ1) is 63.4. The number of hydrogen-bond donors (Lipinski definition) is 3. The first-order valence-electron chi connectivity index (χ1n) is 26.5. The lowest BCUT2D eigenvalue weighted by atomic mass is 10.0.